The number of amides is 1. The molecule has 3 nitrogen and oxygen atoms in total. The number of benzene rings is 2. The Balaban J connectivity index is 1.55. The van der Waals surface area contributed by atoms with Gasteiger partial charge in [-0.1, -0.05) is 48.5 Å². The third kappa shape index (κ3) is 3.09. The molecule has 0 saturated heterocycles. The van der Waals surface area contributed by atoms with E-state index in [0.717, 1.165) is 17.0 Å². The van der Waals surface area contributed by atoms with Crippen LogP contribution < -0.4 is 5.32 Å². The van der Waals surface area contributed by atoms with Gasteiger partial charge in [-0.05, 0) is 23.6 Å². The number of thioether (sulfide) groups is 1. The van der Waals surface area contributed by atoms with Crippen LogP contribution in [0.4, 0.5) is 0 Å². The van der Waals surface area contributed by atoms with E-state index in [1.165, 1.54) is 10.5 Å². The first-order chi connectivity index (χ1) is 11.8. The second kappa shape index (κ2) is 6.79. The summed E-state index contributed by atoms with van der Waals surface area (Å²) in [6.45, 7) is 0. The lowest BCUT2D eigenvalue weighted by Gasteiger charge is -2.19. The van der Waals surface area contributed by atoms with Crippen molar-refractivity contribution in [3.05, 3.63) is 82.3 Å². The van der Waals surface area contributed by atoms with Gasteiger partial charge in [0, 0.05) is 16.5 Å². The highest BCUT2D eigenvalue weighted by molar-refractivity contribution is 8.01. The predicted molar refractivity (Wildman–Crippen MR) is 98.3 cm³/mol. The molecule has 1 aromatic heterocycles. The number of hydrogen-bond acceptors (Lipinski definition) is 4. The van der Waals surface area contributed by atoms with Gasteiger partial charge in [-0.25, -0.2) is 4.98 Å². The van der Waals surface area contributed by atoms with Crippen molar-refractivity contribution in [3.63, 3.8) is 0 Å². The van der Waals surface area contributed by atoms with E-state index >= 15 is 0 Å². The van der Waals surface area contributed by atoms with Crippen molar-refractivity contribution in [2.45, 2.75) is 22.6 Å². The van der Waals surface area contributed by atoms with E-state index in [1.54, 1.807) is 29.3 Å². The number of aromatic nitrogens is 1. The molecule has 0 radical (unpaired) electrons. The number of fused-ring (bicyclic) bond motifs is 1. The zero-order valence-corrected chi connectivity index (χ0v) is 14.5. The van der Waals surface area contributed by atoms with E-state index in [4.69, 9.17) is 0 Å². The average molecular weight is 352 g/mol. The van der Waals surface area contributed by atoms with Crippen molar-refractivity contribution in [2.24, 2.45) is 0 Å². The fraction of sp³-hybridized carbons (Fsp3) is 0.158. The molecule has 2 heterocycles. The van der Waals surface area contributed by atoms with Gasteiger partial charge in [0.15, 0.2) is 0 Å². The lowest BCUT2D eigenvalue weighted by Crippen LogP contribution is -2.36. The van der Waals surface area contributed by atoms with Crippen LogP contribution in [0.5, 0.6) is 0 Å². The van der Waals surface area contributed by atoms with Crippen molar-refractivity contribution in [1.29, 1.82) is 0 Å². The van der Waals surface area contributed by atoms with E-state index < -0.39 is 0 Å². The summed E-state index contributed by atoms with van der Waals surface area (Å²) in [7, 11) is 0. The summed E-state index contributed by atoms with van der Waals surface area (Å²) < 4.78 is 0. The standard InChI is InChI=1S/C19H16N2OS2/c22-18(16-12-14-8-4-5-9-15(14)24-16)21-17(19-20-10-11-23-19)13-6-2-1-3-7-13/h1-11,16-17H,12H2,(H,21,22). The zero-order chi connectivity index (χ0) is 16.4. The maximum Gasteiger partial charge on any atom is 0.234 e. The maximum atomic E-state index is 12.8. The van der Waals surface area contributed by atoms with Crippen molar-refractivity contribution >= 4 is 29.0 Å². The van der Waals surface area contributed by atoms with Gasteiger partial charge in [0.2, 0.25) is 5.91 Å². The normalized spacial score (nSPS) is 17.2. The highest BCUT2D eigenvalue weighted by Crippen LogP contribution is 2.37. The highest BCUT2D eigenvalue weighted by atomic mass is 32.2. The lowest BCUT2D eigenvalue weighted by molar-refractivity contribution is -0.121. The second-order valence-corrected chi connectivity index (χ2v) is 7.81. The van der Waals surface area contributed by atoms with E-state index in [2.05, 4.69) is 22.4 Å². The van der Waals surface area contributed by atoms with Crippen molar-refractivity contribution in [1.82, 2.24) is 10.3 Å². The predicted octanol–water partition coefficient (Wildman–Crippen LogP) is 4.07. The smallest absolute Gasteiger partial charge is 0.234 e. The molecule has 5 heteroatoms. The van der Waals surface area contributed by atoms with E-state index in [9.17, 15) is 4.79 Å². The van der Waals surface area contributed by atoms with Gasteiger partial charge in [-0.2, -0.15) is 0 Å². The molecular weight excluding hydrogens is 336 g/mol. The van der Waals surface area contributed by atoms with Gasteiger partial charge in [0.05, 0.1) is 5.25 Å². The summed E-state index contributed by atoms with van der Waals surface area (Å²) in [6, 6.07) is 18.1. The summed E-state index contributed by atoms with van der Waals surface area (Å²) in [5.74, 6) is 0.0697. The average Bonchev–Trinajstić information content (AvgIpc) is 3.29. The summed E-state index contributed by atoms with van der Waals surface area (Å²) in [6.07, 6.45) is 2.56. The van der Waals surface area contributed by atoms with Crippen LogP contribution in [-0.2, 0) is 11.2 Å². The summed E-state index contributed by atoms with van der Waals surface area (Å²) in [4.78, 5) is 18.5. The molecule has 0 bridgehead atoms. The van der Waals surface area contributed by atoms with Crippen molar-refractivity contribution < 1.29 is 4.79 Å². The summed E-state index contributed by atoms with van der Waals surface area (Å²) >= 11 is 3.21. The molecule has 2 atom stereocenters. The Kier molecular flexibility index (Phi) is 4.36. The number of carbonyl (C=O) groups is 1. The third-order valence-electron chi connectivity index (χ3n) is 4.06. The Bertz CT molecular complexity index is 809. The number of nitrogens with one attached hydrogen (secondary N) is 1. The molecule has 0 spiro atoms. The van der Waals surface area contributed by atoms with Gasteiger partial charge in [0.1, 0.15) is 11.0 Å². The van der Waals surface area contributed by atoms with Crippen LogP contribution in [0.1, 0.15) is 22.2 Å². The maximum absolute atomic E-state index is 12.8. The molecular formula is C19H16N2OS2. The first-order valence-corrected chi connectivity index (χ1v) is 9.56. The van der Waals surface area contributed by atoms with Gasteiger partial charge in [0.25, 0.3) is 0 Å². The Morgan fingerprint density at radius 1 is 1.12 bits per heavy atom. The van der Waals surface area contributed by atoms with Crippen LogP contribution in [0.15, 0.2) is 71.1 Å². The first-order valence-electron chi connectivity index (χ1n) is 7.80. The highest BCUT2D eigenvalue weighted by Gasteiger charge is 2.30. The van der Waals surface area contributed by atoms with E-state index in [-0.39, 0.29) is 17.2 Å². The van der Waals surface area contributed by atoms with Crippen LogP contribution in [0.2, 0.25) is 0 Å². The number of nitrogens with zero attached hydrogens (tertiary/aromatic N) is 1. The number of thiazole rings is 1. The molecule has 0 aliphatic carbocycles. The first kappa shape index (κ1) is 15.4. The lowest BCUT2D eigenvalue weighted by atomic mass is 10.1. The Morgan fingerprint density at radius 2 is 1.92 bits per heavy atom. The molecule has 2 unspecified atom stereocenters. The Morgan fingerprint density at radius 3 is 2.67 bits per heavy atom. The third-order valence-corrected chi connectivity index (χ3v) is 6.22. The minimum Gasteiger partial charge on any atom is -0.342 e. The van der Waals surface area contributed by atoms with E-state index in [0.29, 0.717) is 0 Å². The van der Waals surface area contributed by atoms with Gasteiger partial charge in [-0.15, -0.1) is 23.1 Å². The fourth-order valence-electron chi connectivity index (χ4n) is 2.87. The zero-order valence-electron chi connectivity index (χ0n) is 12.9. The van der Waals surface area contributed by atoms with Crippen molar-refractivity contribution in [3.8, 4) is 0 Å². The molecule has 0 saturated carbocycles. The van der Waals surface area contributed by atoms with E-state index in [1.807, 2.05) is 47.8 Å². The minimum absolute atomic E-state index is 0.0697. The summed E-state index contributed by atoms with van der Waals surface area (Å²) in [5.41, 5.74) is 2.31. The Labute approximate surface area is 149 Å². The molecule has 24 heavy (non-hydrogen) atoms. The molecule has 1 N–H and O–H groups in total. The molecule has 3 aromatic rings. The largest absolute Gasteiger partial charge is 0.342 e. The van der Waals surface area contributed by atoms with Gasteiger partial charge in [-0.3, -0.25) is 4.79 Å². The second-order valence-electron chi connectivity index (χ2n) is 5.64. The molecule has 2 aromatic carbocycles. The molecule has 4 rings (SSSR count). The van der Waals surface area contributed by atoms with Crippen LogP contribution in [0.3, 0.4) is 0 Å². The van der Waals surface area contributed by atoms with Gasteiger partial charge < -0.3 is 5.32 Å². The number of carbonyl (C=O) groups excluding carboxylic acids is 1. The van der Waals surface area contributed by atoms with Crippen LogP contribution in [0, 0.1) is 0 Å². The summed E-state index contributed by atoms with van der Waals surface area (Å²) in [5, 5.41) is 5.98. The monoisotopic (exact) mass is 352 g/mol. The molecule has 1 aliphatic rings. The Hall–Kier alpha value is -2.11. The van der Waals surface area contributed by atoms with Crippen LogP contribution >= 0.6 is 23.1 Å². The molecule has 120 valence electrons. The topological polar surface area (TPSA) is 42.0 Å². The molecule has 0 fully saturated rings. The number of rotatable bonds is 4. The minimum atomic E-state index is -0.192. The van der Waals surface area contributed by atoms with Crippen LogP contribution in [0.25, 0.3) is 0 Å². The van der Waals surface area contributed by atoms with Gasteiger partial charge >= 0.3 is 0 Å². The SMILES string of the molecule is O=C(NC(c1ccccc1)c1nccs1)C1Cc2ccccc2S1. The van der Waals surface area contributed by atoms with Crippen molar-refractivity contribution in [2.75, 3.05) is 0 Å². The number of hydrogen-bond donors (Lipinski definition) is 1. The quantitative estimate of drug-likeness (QED) is 0.770. The van der Waals surface area contributed by atoms with Crippen LogP contribution in [-0.4, -0.2) is 16.1 Å². The fourth-order valence-corrected chi connectivity index (χ4v) is 4.79. The molecule has 1 aliphatic heterocycles. The molecule has 1 amide bonds.